The molecule has 2 rings (SSSR count). The van der Waals surface area contributed by atoms with Crippen molar-refractivity contribution in [2.24, 2.45) is 0 Å². The van der Waals surface area contributed by atoms with Crippen molar-refractivity contribution in [1.29, 1.82) is 0 Å². The van der Waals surface area contributed by atoms with Gasteiger partial charge < -0.3 is 4.40 Å². The summed E-state index contributed by atoms with van der Waals surface area (Å²) in [6, 6.07) is 4.42. The Hall–Kier alpha value is -1.31. The first-order chi connectivity index (χ1) is 6.18. The van der Waals surface area contributed by atoms with E-state index in [1.807, 2.05) is 12.5 Å². The maximum atomic E-state index is 4.13. The summed E-state index contributed by atoms with van der Waals surface area (Å²) in [6.45, 7) is 6.53. The summed E-state index contributed by atoms with van der Waals surface area (Å²) in [7, 11) is 0. The molecule has 0 saturated carbocycles. The highest BCUT2D eigenvalue weighted by Gasteiger charge is 2.03. The van der Waals surface area contributed by atoms with E-state index in [0.29, 0.717) is 5.92 Å². The smallest absolute Gasteiger partial charge is 0.0994 e. The first-order valence-electron chi connectivity index (χ1n) is 4.61. The van der Waals surface area contributed by atoms with E-state index in [0.717, 1.165) is 0 Å². The Bertz CT molecular complexity index is 427. The number of pyridine rings is 1. The molecule has 2 aromatic heterocycles. The Labute approximate surface area is 85.6 Å². The summed E-state index contributed by atoms with van der Waals surface area (Å²) < 4.78 is 2.10. The predicted octanol–water partition coefficient (Wildman–Crippen LogP) is 3.40. The van der Waals surface area contributed by atoms with Crippen molar-refractivity contribution in [1.82, 2.24) is 9.38 Å². The summed E-state index contributed by atoms with van der Waals surface area (Å²) in [6.07, 6.45) is 3.76. The minimum atomic E-state index is 0. The lowest BCUT2D eigenvalue weighted by atomic mass is 10.0. The van der Waals surface area contributed by atoms with Crippen molar-refractivity contribution in [2.75, 3.05) is 0 Å². The standard InChI is InChI=1S/C11H14N2.CH4/c1-8(2)10-4-9(3)13-7-12-6-11(13)5-10;/h4-8H,1-3H3;1H4. The van der Waals surface area contributed by atoms with E-state index < -0.39 is 0 Å². The van der Waals surface area contributed by atoms with Crippen LogP contribution in [0.2, 0.25) is 0 Å². The molecule has 0 aliphatic rings. The van der Waals surface area contributed by atoms with Crippen LogP contribution in [0.25, 0.3) is 5.52 Å². The van der Waals surface area contributed by atoms with Gasteiger partial charge in [-0.1, -0.05) is 21.3 Å². The minimum absolute atomic E-state index is 0. The van der Waals surface area contributed by atoms with Crippen LogP contribution in [-0.2, 0) is 0 Å². The molecule has 0 spiro atoms. The Morgan fingerprint density at radius 2 is 2.00 bits per heavy atom. The SMILES string of the molecule is C.Cc1cc(C(C)C)cc2cncn12. The summed E-state index contributed by atoms with van der Waals surface area (Å²) in [4.78, 5) is 4.13. The monoisotopic (exact) mass is 190 g/mol. The van der Waals surface area contributed by atoms with Gasteiger partial charge in [-0.05, 0) is 30.5 Å². The normalized spacial score (nSPS) is 10.6. The molecule has 0 amide bonds. The van der Waals surface area contributed by atoms with Crippen LogP contribution in [0.1, 0.15) is 38.4 Å². The third kappa shape index (κ3) is 1.65. The number of hydrogen-bond acceptors (Lipinski definition) is 1. The number of nitrogens with zero attached hydrogens (tertiary/aromatic N) is 2. The third-order valence-electron chi connectivity index (χ3n) is 2.40. The lowest BCUT2D eigenvalue weighted by molar-refractivity contribution is 0.858. The van der Waals surface area contributed by atoms with Crippen LogP contribution in [0.4, 0.5) is 0 Å². The highest BCUT2D eigenvalue weighted by Crippen LogP contribution is 2.18. The van der Waals surface area contributed by atoms with E-state index in [1.165, 1.54) is 16.8 Å². The molecular weight excluding hydrogens is 172 g/mol. The fourth-order valence-corrected chi connectivity index (χ4v) is 1.56. The van der Waals surface area contributed by atoms with Crippen molar-refractivity contribution in [3.05, 3.63) is 35.9 Å². The summed E-state index contributed by atoms with van der Waals surface area (Å²) in [5.41, 5.74) is 3.81. The summed E-state index contributed by atoms with van der Waals surface area (Å²) >= 11 is 0. The quantitative estimate of drug-likeness (QED) is 0.673. The Balaban J connectivity index is 0.000000980. The molecule has 2 heterocycles. The molecular formula is C12H18N2. The molecule has 0 fully saturated rings. The zero-order valence-corrected chi connectivity index (χ0v) is 8.28. The van der Waals surface area contributed by atoms with Crippen LogP contribution < -0.4 is 0 Å². The van der Waals surface area contributed by atoms with Crippen molar-refractivity contribution >= 4 is 5.52 Å². The van der Waals surface area contributed by atoms with Crippen molar-refractivity contribution in [3.8, 4) is 0 Å². The van der Waals surface area contributed by atoms with Crippen molar-refractivity contribution < 1.29 is 0 Å². The minimum Gasteiger partial charge on any atom is -0.304 e. The third-order valence-corrected chi connectivity index (χ3v) is 2.40. The molecule has 0 saturated heterocycles. The molecule has 0 aliphatic heterocycles. The molecule has 2 aromatic rings. The van der Waals surface area contributed by atoms with Gasteiger partial charge in [0.25, 0.3) is 0 Å². The van der Waals surface area contributed by atoms with Gasteiger partial charge in [0.05, 0.1) is 18.0 Å². The molecule has 76 valence electrons. The molecule has 0 aliphatic carbocycles. The van der Waals surface area contributed by atoms with Gasteiger partial charge in [-0.3, -0.25) is 0 Å². The van der Waals surface area contributed by atoms with Crippen molar-refractivity contribution in [2.45, 2.75) is 34.1 Å². The number of imidazole rings is 1. The second-order valence-electron chi connectivity index (χ2n) is 3.77. The second-order valence-corrected chi connectivity index (χ2v) is 3.77. The average molecular weight is 190 g/mol. The van der Waals surface area contributed by atoms with Crippen LogP contribution in [-0.4, -0.2) is 9.38 Å². The van der Waals surface area contributed by atoms with E-state index >= 15 is 0 Å². The number of fused-ring (bicyclic) bond motifs is 1. The largest absolute Gasteiger partial charge is 0.304 e. The summed E-state index contributed by atoms with van der Waals surface area (Å²) in [5, 5.41) is 0. The zero-order chi connectivity index (χ0) is 9.42. The molecule has 0 aromatic carbocycles. The lowest BCUT2D eigenvalue weighted by Crippen LogP contribution is -1.94. The Kier molecular flexibility index (Phi) is 2.94. The molecule has 0 unspecified atom stereocenters. The van der Waals surface area contributed by atoms with E-state index in [1.54, 1.807) is 0 Å². The van der Waals surface area contributed by atoms with Gasteiger partial charge in [0.15, 0.2) is 0 Å². The first-order valence-corrected chi connectivity index (χ1v) is 4.61. The van der Waals surface area contributed by atoms with Gasteiger partial charge >= 0.3 is 0 Å². The zero-order valence-electron chi connectivity index (χ0n) is 8.28. The van der Waals surface area contributed by atoms with Crippen LogP contribution in [0, 0.1) is 6.92 Å². The highest BCUT2D eigenvalue weighted by atomic mass is 15.0. The second kappa shape index (κ2) is 3.82. The van der Waals surface area contributed by atoms with E-state index in [2.05, 4.69) is 42.3 Å². The molecule has 0 bridgehead atoms. The first kappa shape index (κ1) is 10.8. The number of hydrogen-bond donors (Lipinski definition) is 0. The predicted molar refractivity (Wildman–Crippen MR) is 60.7 cm³/mol. The maximum Gasteiger partial charge on any atom is 0.0994 e. The topological polar surface area (TPSA) is 17.3 Å². The van der Waals surface area contributed by atoms with E-state index in [-0.39, 0.29) is 7.43 Å². The van der Waals surface area contributed by atoms with Gasteiger partial charge in [-0.25, -0.2) is 4.98 Å². The molecule has 2 heteroatoms. The molecule has 14 heavy (non-hydrogen) atoms. The van der Waals surface area contributed by atoms with E-state index in [4.69, 9.17) is 0 Å². The Morgan fingerprint density at radius 3 is 2.64 bits per heavy atom. The Morgan fingerprint density at radius 1 is 1.29 bits per heavy atom. The van der Waals surface area contributed by atoms with E-state index in [9.17, 15) is 0 Å². The van der Waals surface area contributed by atoms with Crippen LogP contribution in [0.5, 0.6) is 0 Å². The summed E-state index contributed by atoms with van der Waals surface area (Å²) in [5.74, 6) is 0.582. The molecule has 0 atom stereocenters. The number of aryl methyl sites for hydroxylation is 1. The average Bonchev–Trinajstić information content (AvgIpc) is 2.51. The van der Waals surface area contributed by atoms with Crippen LogP contribution in [0.15, 0.2) is 24.7 Å². The number of aromatic nitrogens is 2. The molecule has 2 nitrogen and oxygen atoms in total. The molecule has 0 radical (unpaired) electrons. The van der Waals surface area contributed by atoms with Gasteiger partial charge in [-0.2, -0.15) is 0 Å². The maximum absolute atomic E-state index is 4.13. The van der Waals surface area contributed by atoms with Gasteiger partial charge in [0.2, 0.25) is 0 Å². The highest BCUT2D eigenvalue weighted by molar-refractivity contribution is 5.49. The van der Waals surface area contributed by atoms with Crippen LogP contribution >= 0.6 is 0 Å². The fraction of sp³-hybridized carbons (Fsp3) is 0.417. The van der Waals surface area contributed by atoms with Crippen LogP contribution in [0.3, 0.4) is 0 Å². The lowest BCUT2D eigenvalue weighted by Gasteiger charge is -2.08. The fourth-order valence-electron chi connectivity index (χ4n) is 1.56. The molecule has 0 N–H and O–H groups in total. The van der Waals surface area contributed by atoms with Gasteiger partial charge in [0, 0.05) is 5.69 Å². The van der Waals surface area contributed by atoms with Gasteiger partial charge in [0.1, 0.15) is 0 Å². The van der Waals surface area contributed by atoms with Crippen molar-refractivity contribution in [3.63, 3.8) is 0 Å². The van der Waals surface area contributed by atoms with Gasteiger partial charge in [-0.15, -0.1) is 0 Å². The number of rotatable bonds is 1.